The highest BCUT2D eigenvalue weighted by atomic mass is 32.1. The Morgan fingerprint density at radius 1 is 1.33 bits per heavy atom. The molecule has 0 bridgehead atoms. The molecular formula is C14H17N5OS. The molecule has 3 N–H and O–H groups in total. The second-order valence-electron chi connectivity index (χ2n) is 5.43. The van der Waals surface area contributed by atoms with Gasteiger partial charge in [0.15, 0.2) is 0 Å². The molecule has 0 unspecified atom stereocenters. The second-order valence-corrected chi connectivity index (χ2v) is 5.87. The second kappa shape index (κ2) is 5.40. The third-order valence-electron chi connectivity index (χ3n) is 4.10. The van der Waals surface area contributed by atoms with Crippen LogP contribution in [0.4, 0.5) is 0 Å². The first-order chi connectivity index (χ1) is 10.1. The van der Waals surface area contributed by atoms with Gasteiger partial charge in [-0.3, -0.25) is 9.78 Å². The van der Waals surface area contributed by atoms with Crippen LogP contribution in [0.3, 0.4) is 0 Å². The minimum absolute atomic E-state index is 0.201. The lowest BCUT2D eigenvalue weighted by atomic mass is 9.81. The lowest BCUT2D eigenvalue weighted by molar-refractivity contribution is 0.0910. The van der Waals surface area contributed by atoms with Crippen LogP contribution >= 0.6 is 12.2 Å². The van der Waals surface area contributed by atoms with E-state index in [1.807, 2.05) is 0 Å². The van der Waals surface area contributed by atoms with Crippen molar-refractivity contribution < 1.29 is 4.79 Å². The molecule has 2 aromatic rings. The van der Waals surface area contributed by atoms with Crippen molar-refractivity contribution in [3.63, 3.8) is 0 Å². The van der Waals surface area contributed by atoms with Gasteiger partial charge in [0, 0.05) is 12.4 Å². The molecule has 1 aliphatic rings. The molecule has 110 valence electrons. The minimum Gasteiger partial charge on any atom is -0.391 e. The summed E-state index contributed by atoms with van der Waals surface area (Å²) in [7, 11) is 0. The fourth-order valence-electron chi connectivity index (χ4n) is 2.88. The summed E-state index contributed by atoms with van der Waals surface area (Å²) in [5.41, 5.74) is 6.49. The zero-order valence-corrected chi connectivity index (χ0v) is 12.4. The molecule has 1 fully saturated rings. The maximum absolute atomic E-state index is 12.6. The summed E-state index contributed by atoms with van der Waals surface area (Å²) in [5.74, 6) is -0.201. The standard InChI is InChI=1S/C14H17N5OS/c15-13(21)14(4-2-1-3-5-14)18-12(20)10-8-17-19-7-6-16-9-11(10)19/h6-9H,1-5H2,(H2,15,21)(H,18,20). The molecule has 2 heterocycles. The monoisotopic (exact) mass is 303 g/mol. The quantitative estimate of drug-likeness (QED) is 0.838. The minimum atomic E-state index is -0.568. The number of aromatic nitrogens is 3. The van der Waals surface area contributed by atoms with E-state index in [-0.39, 0.29) is 5.91 Å². The Morgan fingerprint density at radius 3 is 2.81 bits per heavy atom. The molecular weight excluding hydrogens is 286 g/mol. The van der Waals surface area contributed by atoms with E-state index in [2.05, 4.69) is 15.4 Å². The van der Waals surface area contributed by atoms with Crippen molar-refractivity contribution in [1.29, 1.82) is 0 Å². The van der Waals surface area contributed by atoms with E-state index in [0.717, 1.165) is 32.1 Å². The molecule has 1 saturated carbocycles. The fraction of sp³-hybridized carbons (Fsp3) is 0.429. The first kappa shape index (κ1) is 13.9. The molecule has 0 atom stereocenters. The third-order valence-corrected chi connectivity index (χ3v) is 4.49. The van der Waals surface area contributed by atoms with Crippen molar-refractivity contribution >= 4 is 28.6 Å². The third kappa shape index (κ3) is 2.49. The smallest absolute Gasteiger partial charge is 0.255 e. The fourth-order valence-corrected chi connectivity index (χ4v) is 3.14. The van der Waals surface area contributed by atoms with Crippen molar-refractivity contribution in [2.75, 3.05) is 0 Å². The average Bonchev–Trinajstić information content (AvgIpc) is 2.92. The molecule has 21 heavy (non-hydrogen) atoms. The van der Waals surface area contributed by atoms with Crippen molar-refractivity contribution in [2.45, 2.75) is 37.6 Å². The van der Waals surface area contributed by atoms with Crippen molar-refractivity contribution in [2.24, 2.45) is 5.73 Å². The predicted molar refractivity (Wildman–Crippen MR) is 83.1 cm³/mol. The van der Waals surface area contributed by atoms with E-state index in [1.54, 1.807) is 29.3 Å². The van der Waals surface area contributed by atoms with Gasteiger partial charge in [-0.25, -0.2) is 4.52 Å². The van der Waals surface area contributed by atoms with E-state index < -0.39 is 5.54 Å². The summed E-state index contributed by atoms with van der Waals surface area (Å²) in [6.45, 7) is 0. The van der Waals surface area contributed by atoms with E-state index in [4.69, 9.17) is 18.0 Å². The Bertz CT molecular complexity index is 689. The molecule has 0 aromatic carbocycles. The van der Waals surface area contributed by atoms with Gasteiger partial charge in [0.25, 0.3) is 5.91 Å². The van der Waals surface area contributed by atoms with E-state index in [9.17, 15) is 4.79 Å². The Balaban J connectivity index is 1.89. The van der Waals surface area contributed by atoms with Crippen LogP contribution in [0.25, 0.3) is 5.52 Å². The highest BCUT2D eigenvalue weighted by molar-refractivity contribution is 7.80. The average molecular weight is 303 g/mol. The molecule has 0 spiro atoms. The van der Waals surface area contributed by atoms with Crippen LogP contribution in [-0.4, -0.2) is 31.0 Å². The Hall–Kier alpha value is -2.02. The Morgan fingerprint density at radius 2 is 2.10 bits per heavy atom. The van der Waals surface area contributed by atoms with Crippen LogP contribution in [0.15, 0.2) is 24.8 Å². The number of rotatable bonds is 3. The van der Waals surface area contributed by atoms with Gasteiger partial charge in [0.1, 0.15) is 0 Å². The van der Waals surface area contributed by atoms with Gasteiger partial charge in [-0.05, 0) is 12.8 Å². The van der Waals surface area contributed by atoms with Gasteiger partial charge in [-0.1, -0.05) is 31.5 Å². The highest BCUT2D eigenvalue weighted by Crippen LogP contribution is 2.29. The first-order valence-electron chi connectivity index (χ1n) is 7.02. The van der Waals surface area contributed by atoms with Gasteiger partial charge in [-0.2, -0.15) is 5.10 Å². The van der Waals surface area contributed by atoms with E-state index >= 15 is 0 Å². The molecule has 1 amide bonds. The molecule has 1 aliphatic carbocycles. The van der Waals surface area contributed by atoms with Gasteiger partial charge in [-0.15, -0.1) is 0 Å². The van der Waals surface area contributed by atoms with Crippen LogP contribution in [0.5, 0.6) is 0 Å². The highest BCUT2D eigenvalue weighted by Gasteiger charge is 2.37. The number of hydrogen-bond donors (Lipinski definition) is 2. The summed E-state index contributed by atoms with van der Waals surface area (Å²) in [6.07, 6.45) is 11.3. The molecule has 0 radical (unpaired) electrons. The summed E-state index contributed by atoms with van der Waals surface area (Å²) < 4.78 is 1.62. The van der Waals surface area contributed by atoms with Crippen LogP contribution in [0.2, 0.25) is 0 Å². The summed E-state index contributed by atoms with van der Waals surface area (Å²) in [5, 5.41) is 7.19. The SMILES string of the molecule is NC(=S)C1(NC(=O)c2cnn3ccncc23)CCCCC1. The normalized spacial score (nSPS) is 17.5. The van der Waals surface area contributed by atoms with Crippen molar-refractivity contribution in [3.05, 3.63) is 30.4 Å². The van der Waals surface area contributed by atoms with E-state index in [1.165, 1.54) is 0 Å². The van der Waals surface area contributed by atoms with Gasteiger partial charge >= 0.3 is 0 Å². The zero-order valence-electron chi connectivity index (χ0n) is 11.6. The molecule has 6 nitrogen and oxygen atoms in total. The lowest BCUT2D eigenvalue weighted by Crippen LogP contribution is -2.57. The van der Waals surface area contributed by atoms with Gasteiger partial charge in [0.05, 0.1) is 34.0 Å². The number of nitrogens with two attached hydrogens (primary N) is 1. The number of nitrogens with one attached hydrogen (secondary N) is 1. The molecule has 2 aromatic heterocycles. The van der Waals surface area contributed by atoms with Crippen molar-refractivity contribution in [1.82, 2.24) is 19.9 Å². The first-order valence-corrected chi connectivity index (χ1v) is 7.43. The predicted octanol–water partition coefficient (Wildman–Crippen LogP) is 1.45. The number of carbonyl (C=O) groups is 1. The summed E-state index contributed by atoms with van der Waals surface area (Å²) >= 11 is 5.20. The number of hydrogen-bond acceptors (Lipinski definition) is 4. The molecule has 0 aliphatic heterocycles. The molecule has 7 heteroatoms. The van der Waals surface area contributed by atoms with Crippen LogP contribution in [0, 0.1) is 0 Å². The molecule has 0 saturated heterocycles. The maximum Gasteiger partial charge on any atom is 0.255 e. The largest absolute Gasteiger partial charge is 0.391 e. The molecule has 3 rings (SSSR count). The topological polar surface area (TPSA) is 85.3 Å². The van der Waals surface area contributed by atoms with Crippen molar-refractivity contribution in [3.8, 4) is 0 Å². The summed E-state index contributed by atoms with van der Waals surface area (Å²) in [4.78, 5) is 17.0. The number of fused-ring (bicyclic) bond motifs is 1. The number of amides is 1. The van der Waals surface area contributed by atoms with E-state index in [0.29, 0.717) is 16.1 Å². The maximum atomic E-state index is 12.6. The van der Waals surface area contributed by atoms with Crippen LogP contribution < -0.4 is 11.1 Å². The number of thiocarbonyl (C=S) groups is 1. The Labute approximate surface area is 127 Å². The van der Waals surface area contributed by atoms with Crippen LogP contribution in [-0.2, 0) is 0 Å². The lowest BCUT2D eigenvalue weighted by Gasteiger charge is -2.37. The van der Waals surface area contributed by atoms with Crippen LogP contribution in [0.1, 0.15) is 42.5 Å². The van der Waals surface area contributed by atoms with Gasteiger partial charge in [0.2, 0.25) is 0 Å². The zero-order chi connectivity index (χ0) is 14.9. The number of carbonyl (C=O) groups excluding carboxylic acids is 1. The Kier molecular flexibility index (Phi) is 3.59. The number of nitrogens with zero attached hydrogens (tertiary/aromatic N) is 3. The summed E-state index contributed by atoms with van der Waals surface area (Å²) in [6, 6.07) is 0. The van der Waals surface area contributed by atoms with Gasteiger partial charge < -0.3 is 11.1 Å².